The number of aromatic nitrogens is 4. The molecule has 110 valence electrons. The third kappa shape index (κ3) is 2.63. The summed E-state index contributed by atoms with van der Waals surface area (Å²) in [5.41, 5.74) is 0.0222. The van der Waals surface area contributed by atoms with Crippen molar-refractivity contribution in [2.75, 3.05) is 0 Å². The van der Waals surface area contributed by atoms with Crippen molar-refractivity contribution in [2.45, 2.75) is 32.2 Å². The second-order valence-electron chi connectivity index (χ2n) is 5.46. The minimum Gasteiger partial charge on any atom is -0.481 e. The van der Waals surface area contributed by atoms with Crippen LogP contribution in [-0.2, 0) is 11.3 Å². The van der Waals surface area contributed by atoms with Crippen LogP contribution >= 0.6 is 11.6 Å². The predicted octanol–water partition coefficient (Wildman–Crippen LogP) is 2.64. The van der Waals surface area contributed by atoms with Crippen LogP contribution in [0.3, 0.4) is 0 Å². The molecule has 1 aliphatic carbocycles. The first-order chi connectivity index (χ1) is 10.1. The van der Waals surface area contributed by atoms with Crippen LogP contribution in [0.25, 0.3) is 11.4 Å². The molecule has 1 saturated carbocycles. The fourth-order valence-electron chi connectivity index (χ4n) is 2.92. The number of aliphatic carboxylic acids is 1. The van der Waals surface area contributed by atoms with Gasteiger partial charge in [0.2, 0.25) is 0 Å². The molecule has 1 aromatic heterocycles. The number of hydrogen-bond donors (Lipinski definition) is 1. The second kappa shape index (κ2) is 5.44. The Morgan fingerprint density at radius 2 is 2.14 bits per heavy atom. The van der Waals surface area contributed by atoms with Gasteiger partial charge in [-0.1, -0.05) is 36.6 Å². The van der Waals surface area contributed by atoms with Crippen LogP contribution in [0, 0.1) is 5.41 Å². The maximum Gasteiger partial charge on any atom is 0.311 e. The van der Waals surface area contributed by atoms with E-state index >= 15 is 0 Å². The van der Waals surface area contributed by atoms with E-state index in [4.69, 9.17) is 11.6 Å². The number of benzene rings is 1. The Hall–Kier alpha value is -1.95. The number of nitrogens with zero attached hydrogens (tertiary/aromatic N) is 4. The molecule has 21 heavy (non-hydrogen) atoms. The summed E-state index contributed by atoms with van der Waals surface area (Å²) in [6.07, 6.45) is 3.19. The molecule has 0 spiro atoms. The summed E-state index contributed by atoms with van der Waals surface area (Å²) >= 11 is 5.99. The van der Waals surface area contributed by atoms with Crippen molar-refractivity contribution in [2.24, 2.45) is 5.41 Å². The van der Waals surface area contributed by atoms with Gasteiger partial charge in [0.25, 0.3) is 0 Å². The fourth-order valence-corrected chi connectivity index (χ4v) is 3.11. The zero-order chi connectivity index (χ0) is 14.9. The van der Waals surface area contributed by atoms with Gasteiger partial charge in [-0.05, 0) is 35.4 Å². The molecule has 0 unspecified atom stereocenters. The first kappa shape index (κ1) is 14.0. The Balaban J connectivity index is 1.94. The molecule has 0 amide bonds. The van der Waals surface area contributed by atoms with Crippen LogP contribution in [0.2, 0.25) is 5.02 Å². The van der Waals surface area contributed by atoms with Gasteiger partial charge in [0.05, 0.1) is 12.0 Å². The maximum absolute atomic E-state index is 11.6. The lowest BCUT2D eigenvalue weighted by molar-refractivity contribution is -0.149. The maximum atomic E-state index is 11.6. The molecule has 0 saturated heterocycles. The van der Waals surface area contributed by atoms with Crippen LogP contribution < -0.4 is 0 Å². The summed E-state index contributed by atoms with van der Waals surface area (Å²) in [6, 6.07) is 7.22. The van der Waals surface area contributed by atoms with Crippen molar-refractivity contribution in [1.82, 2.24) is 20.2 Å². The van der Waals surface area contributed by atoms with E-state index in [1.54, 1.807) is 16.8 Å². The van der Waals surface area contributed by atoms with Gasteiger partial charge < -0.3 is 5.11 Å². The molecule has 0 radical (unpaired) electrons. The van der Waals surface area contributed by atoms with Gasteiger partial charge in [0.15, 0.2) is 5.82 Å². The highest BCUT2D eigenvalue weighted by Crippen LogP contribution is 2.40. The number of carboxylic acids is 1. The molecule has 1 N–H and O–H groups in total. The Labute approximate surface area is 126 Å². The third-order valence-electron chi connectivity index (χ3n) is 4.08. The Kier molecular flexibility index (Phi) is 3.63. The van der Waals surface area contributed by atoms with Gasteiger partial charge in [-0.15, -0.1) is 5.10 Å². The molecular weight excluding hydrogens is 292 g/mol. The van der Waals surface area contributed by atoms with Crippen LogP contribution in [0.1, 0.15) is 25.7 Å². The van der Waals surface area contributed by atoms with Crippen molar-refractivity contribution < 1.29 is 9.90 Å². The first-order valence-electron chi connectivity index (χ1n) is 6.86. The highest BCUT2D eigenvalue weighted by atomic mass is 35.5. The minimum atomic E-state index is -0.771. The lowest BCUT2D eigenvalue weighted by Gasteiger charge is -2.23. The number of hydrogen-bond acceptors (Lipinski definition) is 4. The summed E-state index contributed by atoms with van der Waals surface area (Å²) in [4.78, 5) is 11.6. The average Bonchev–Trinajstić information content (AvgIpc) is 3.09. The van der Waals surface area contributed by atoms with Gasteiger partial charge in [-0.2, -0.15) is 0 Å². The van der Waals surface area contributed by atoms with Gasteiger partial charge in [0.1, 0.15) is 0 Å². The number of halogens is 1. The Morgan fingerprint density at radius 1 is 1.38 bits per heavy atom. The third-order valence-corrected chi connectivity index (χ3v) is 4.32. The number of tetrazole rings is 1. The largest absolute Gasteiger partial charge is 0.481 e. The van der Waals surface area contributed by atoms with Crippen LogP contribution in [0.4, 0.5) is 0 Å². The molecule has 1 fully saturated rings. The lowest BCUT2D eigenvalue weighted by Crippen LogP contribution is -2.33. The molecule has 1 aliphatic rings. The summed E-state index contributed by atoms with van der Waals surface area (Å²) in [5, 5.41) is 21.8. The van der Waals surface area contributed by atoms with Crippen LogP contribution in [-0.4, -0.2) is 31.3 Å². The number of carbonyl (C=O) groups is 1. The summed E-state index contributed by atoms with van der Waals surface area (Å²) in [7, 11) is 0. The normalized spacial score (nSPS) is 17.0. The lowest BCUT2D eigenvalue weighted by atomic mass is 9.86. The highest BCUT2D eigenvalue weighted by Gasteiger charge is 2.42. The zero-order valence-electron chi connectivity index (χ0n) is 11.4. The van der Waals surface area contributed by atoms with E-state index in [0.717, 1.165) is 18.4 Å². The smallest absolute Gasteiger partial charge is 0.311 e. The topological polar surface area (TPSA) is 80.9 Å². The van der Waals surface area contributed by atoms with Crippen LogP contribution in [0.15, 0.2) is 24.3 Å². The molecule has 0 atom stereocenters. The van der Waals surface area contributed by atoms with Gasteiger partial charge in [0, 0.05) is 10.6 Å². The Morgan fingerprint density at radius 3 is 2.81 bits per heavy atom. The van der Waals surface area contributed by atoms with E-state index in [1.807, 2.05) is 12.1 Å². The first-order valence-corrected chi connectivity index (χ1v) is 7.24. The molecule has 1 heterocycles. The highest BCUT2D eigenvalue weighted by molar-refractivity contribution is 6.30. The summed E-state index contributed by atoms with van der Waals surface area (Å²) in [5.74, 6) is -0.224. The average molecular weight is 307 g/mol. The zero-order valence-corrected chi connectivity index (χ0v) is 12.1. The van der Waals surface area contributed by atoms with E-state index in [2.05, 4.69) is 15.5 Å². The molecule has 3 rings (SSSR count). The van der Waals surface area contributed by atoms with Gasteiger partial charge in [-0.3, -0.25) is 4.79 Å². The monoisotopic (exact) mass is 306 g/mol. The van der Waals surface area contributed by atoms with Crippen molar-refractivity contribution >= 4 is 17.6 Å². The van der Waals surface area contributed by atoms with E-state index in [-0.39, 0.29) is 6.54 Å². The molecule has 7 heteroatoms. The van der Waals surface area contributed by atoms with Gasteiger partial charge >= 0.3 is 5.97 Å². The Bertz CT molecular complexity index is 664. The summed E-state index contributed by atoms with van der Waals surface area (Å²) < 4.78 is 1.57. The van der Waals surface area contributed by atoms with E-state index in [1.165, 1.54) is 0 Å². The van der Waals surface area contributed by atoms with Crippen molar-refractivity contribution in [1.29, 1.82) is 0 Å². The summed E-state index contributed by atoms with van der Waals surface area (Å²) in [6.45, 7) is 0.289. The minimum absolute atomic E-state index is 0.289. The molecule has 0 aliphatic heterocycles. The molecule has 1 aromatic carbocycles. The van der Waals surface area contributed by atoms with E-state index in [9.17, 15) is 9.90 Å². The van der Waals surface area contributed by atoms with Crippen molar-refractivity contribution in [3.63, 3.8) is 0 Å². The molecule has 2 aromatic rings. The standard InChI is InChI=1S/C14H15ClN4O2/c15-11-5-3-4-10(8-11)12-16-17-18-19(12)9-14(13(20)21)6-1-2-7-14/h3-5,8H,1-2,6-7,9H2,(H,20,21). The molecule has 6 nitrogen and oxygen atoms in total. The molecular formula is C14H15ClN4O2. The van der Waals surface area contributed by atoms with Crippen molar-refractivity contribution in [3.05, 3.63) is 29.3 Å². The second-order valence-corrected chi connectivity index (χ2v) is 5.90. The van der Waals surface area contributed by atoms with E-state index in [0.29, 0.717) is 23.7 Å². The van der Waals surface area contributed by atoms with Crippen molar-refractivity contribution in [3.8, 4) is 11.4 Å². The fraction of sp³-hybridized carbons (Fsp3) is 0.429. The van der Waals surface area contributed by atoms with E-state index < -0.39 is 11.4 Å². The molecule has 0 bridgehead atoms. The van der Waals surface area contributed by atoms with Crippen LogP contribution in [0.5, 0.6) is 0 Å². The number of carboxylic acid groups (broad SMARTS) is 1. The number of rotatable bonds is 4. The quantitative estimate of drug-likeness (QED) is 0.939. The predicted molar refractivity (Wildman–Crippen MR) is 76.8 cm³/mol. The van der Waals surface area contributed by atoms with Gasteiger partial charge in [-0.25, -0.2) is 4.68 Å². The SMILES string of the molecule is O=C(O)C1(Cn2nnnc2-c2cccc(Cl)c2)CCCC1.